The Kier molecular flexibility index (Phi) is 4.98. The van der Waals surface area contributed by atoms with E-state index >= 15 is 0 Å². The summed E-state index contributed by atoms with van der Waals surface area (Å²) in [6.45, 7) is 4.39. The lowest BCUT2D eigenvalue weighted by atomic mass is 10.2. The first-order valence-electron chi connectivity index (χ1n) is 9.12. The van der Waals surface area contributed by atoms with Gasteiger partial charge < -0.3 is 9.88 Å². The minimum atomic E-state index is -0.356. The first-order valence-corrected chi connectivity index (χ1v) is 9.50. The van der Waals surface area contributed by atoms with Gasteiger partial charge in [0.05, 0.1) is 17.4 Å². The lowest BCUT2D eigenvalue weighted by molar-refractivity contribution is 0.0726. The SMILES string of the molecule is CCCN(Cc1nc2cc(Cl)ccc2c(=O)[nH]1)C(=O)c1nc2nccc(C)n2n1. The number of hydrogen-bond acceptors (Lipinski definition) is 6. The van der Waals surface area contributed by atoms with Crippen LogP contribution in [-0.2, 0) is 6.54 Å². The van der Waals surface area contributed by atoms with Crippen molar-refractivity contribution in [1.82, 2.24) is 34.4 Å². The maximum absolute atomic E-state index is 13.0. The van der Waals surface area contributed by atoms with Gasteiger partial charge >= 0.3 is 0 Å². The van der Waals surface area contributed by atoms with Crippen LogP contribution in [0.5, 0.6) is 0 Å². The van der Waals surface area contributed by atoms with Crippen LogP contribution in [0.15, 0.2) is 35.3 Å². The fraction of sp³-hybridized carbons (Fsp3) is 0.263. The Hall–Kier alpha value is -3.33. The molecule has 1 N–H and O–H groups in total. The molecule has 0 unspecified atom stereocenters. The van der Waals surface area contributed by atoms with Crippen LogP contribution in [0.1, 0.15) is 35.5 Å². The molecular weight excluding hydrogens is 394 g/mol. The molecule has 3 aromatic heterocycles. The number of hydrogen-bond donors (Lipinski definition) is 1. The second-order valence-electron chi connectivity index (χ2n) is 6.63. The van der Waals surface area contributed by atoms with Crippen molar-refractivity contribution in [2.75, 3.05) is 6.54 Å². The van der Waals surface area contributed by atoms with Crippen molar-refractivity contribution in [1.29, 1.82) is 0 Å². The van der Waals surface area contributed by atoms with E-state index < -0.39 is 0 Å². The third-order valence-electron chi connectivity index (χ3n) is 4.46. The van der Waals surface area contributed by atoms with Gasteiger partial charge in [-0.25, -0.2) is 14.5 Å². The van der Waals surface area contributed by atoms with Gasteiger partial charge in [0, 0.05) is 23.5 Å². The molecule has 0 spiro atoms. The number of rotatable bonds is 5. The minimum Gasteiger partial charge on any atom is -0.328 e. The molecule has 4 rings (SSSR count). The quantitative estimate of drug-likeness (QED) is 0.540. The molecule has 0 saturated carbocycles. The number of benzene rings is 1. The van der Waals surface area contributed by atoms with Crippen molar-refractivity contribution < 1.29 is 4.79 Å². The molecule has 0 saturated heterocycles. The fourth-order valence-corrected chi connectivity index (χ4v) is 3.24. The zero-order chi connectivity index (χ0) is 20.5. The molecule has 0 fully saturated rings. The second kappa shape index (κ2) is 7.59. The molecular formula is C19H18ClN7O2. The van der Waals surface area contributed by atoms with E-state index in [4.69, 9.17) is 11.6 Å². The minimum absolute atomic E-state index is 0.0476. The number of nitrogens with zero attached hydrogens (tertiary/aromatic N) is 6. The van der Waals surface area contributed by atoms with Crippen LogP contribution in [0.4, 0.5) is 0 Å². The Morgan fingerprint density at radius 1 is 1.28 bits per heavy atom. The van der Waals surface area contributed by atoms with Crippen LogP contribution in [0.2, 0.25) is 5.02 Å². The maximum Gasteiger partial charge on any atom is 0.294 e. The van der Waals surface area contributed by atoms with Gasteiger partial charge in [0.15, 0.2) is 0 Å². The molecule has 1 amide bonds. The fourth-order valence-electron chi connectivity index (χ4n) is 3.08. The summed E-state index contributed by atoms with van der Waals surface area (Å²) in [6, 6.07) is 6.67. The van der Waals surface area contributed by atoms with E-state index in [-0.39, 0.29) is 23.8 Å². The molecule has 4 aromatic rings. The standard InChI is InChI=1S/C19H18ClN7O2/c1-3-8-26(18(29)16-24-19-21-7-6-11(2)27(19)25-16)10-15-22-14-9-12(20)4-5-13(14)17(28)23-15/h4-7,9H,3,8,10H2,1-2H3,(H,22,23,28). The van der Waals surface area contributed by atoms with E-state index in [1.54, 1.807) is 35.4 Å². The third-order valence-corrected chi connectivity index (χ3v) is 4.70. The summed E-state index contributed by atoms with van der Waals surface area (Å²) in [5.41, 5.74) is 1.02. The van der Waals surface area contributed by atoms with E-state index in [0.29, 0.717) is 34.1 Å². The first-order chi connectivity index (χ1) is 14.0. The van der Waals surface area contributed by atoms with Crippen molar-refractivity contribution in [3.8, 4) is 0 Å². The summed E-state index contributed by atoms with van der Waals surface area (Å²) in [7, 11) is 0. The molecule has 0 aliphatic carbocycles. The highest BCUT2D eigenvalue weighted by Gasteiger charge is 2.22. The molecule has 29 heavy (non-hydrogen) atoms. The Balaban J connectivity index is 1.68. The number of nitrogens with one attached hydrogen (secondary N) is 1. The summed E-state index contributed by atoms with van der Waals surface area (Å²) < 4.78 is 1.52. The summed E-state index contributed by atoms with van der Waals surface area (Å²) >= 11 is 6.02. The van der Waals surface area contributed by atoms with E-state index in [2.05, 4.69) is 25.0 Å². The van der Waals surface area contributed by atoms with Crippen LogP contribution < -0.4 is 5.56 Å². The van der Waals surface area contributed by atoms with Gasteiger partial charge in [0.25, 0.3) is 17.2 Å². The summed E-state index contributed by atoms with van der Waals surface area (Å²) in [6.07, 6.45) is 2.34. The molecule has 0 radical (unpaired) electrons. The predicted molar refractivity (Wildman–Crippen MR) is 108 cm³/mol. The Morgan fingerprint density at radius 2 is 2.10 bits per heavy atom. The van der Waals surface area contributed by atoms with Crippen molar-refractivity contribution in [3.05, 3.63) is 63.2 Å². The number of aromatic nitrogens is 6. The third kappa shape index (κ3) is 3.68. The van der Waals surface area contributed by atoms with Crippen LogP contribution in [0.3, 0.4) is 0 Å². The van der Waals surface area contributed by atoms with Crippen molar-refractivity contribution in [2.24, 2.45) is 0 Å². The largest absolute Gasteiger partial charge is 0.328 e. The van der Waals surface area contributed by atoms with E-state index in [1.807, 2.05) is 13.8 Å². The van der Waals surface area contributed by atoms with Crippen LogP contribution >= 0.6 is 11.6 Å². The van der Waals surface area contributed by atoms with E-state index in [0.717, 1.165) is 12.1 Å². The Labute approximate surface area is 170 Å². The molecule has 0 bridgehead atoms. The van der Waals surface area contributed by atoms with Crippen LogP contribution in [0.25, 0.3) is 16.7 Å². The maximum atomic E-state index is 13.0. The average molecular weight is 412 g/mol. The van der Waals surface area contributed by atoms with Gasteiger partial charge in [-0.3, -0.25) is 9.59 Å². The van der Waals surface area contributed by atoms with Gasteiger partial charge in [-0.15, -0.1) is 5.10 Å². The zero-order valence-corrected chi connectivity index (χ0v) is 16.6. The monoisotopic (exact) mass is 411 g/mol. The van der Waals surface area contributed by atoms with E-state index in [9.17, 15) is 9.59 Å². The molecule has 1 aromatic carbocycles. The van der Waals surface area contributed by atoms with Crippen molar-refractivity contribution in [2.45, 2.75) is 26.8 Å². The highest BCUT2D eigenvalue weighted by Crippen LogP contribution is 2.15. The molecule has 0 aliphatic heterocycles. The predicted octanol–water partition coefficient (Wildman–Crippen LogP) is 2.38. The average Bonchev–Trinajstić information content (AvgIpc) is 3.12. The van der Waals surface area contributed by atoms with Crippen LogP contribution in [0, 0.1) is 6.92 Å². The van der Waals surface area contributed by atoms with Crippen molar-refractivity contribution in [3.63, 3.8) is 0 Å². The molecule has 9 nitrogen and oxygen atoms in total. The van der Waals surface area contributed by atoms with Crippen LogP contribution in [-0.4, -0.2) is 46.9 Å². The molecule has 3 heterocycles. The van der Waals surface area contributed by atoms with Crippen molar-refractivity contribution >= 4 is 34.2 Å². The number of H-pyrrole nitrogens is 1. The Morgan fingerprint density at radius 3 is 2.86 bits per heavy atom. The number of carbonyl (C=O) groups is 1. The highest BCUT2D eigenvalue weighted by atomic mass is 35.5. The van der Waals surface area contributed by atoms with Gasteiger partial charge in [-0.2, -0.15) is 4.98 Å². The second-order valence-corrected chi connectivity index (χ2v) is 7.07. The number of aryl methyl sites for hydroxylation is 1. The molecule has 0 aliphatic rings. The number of halogens is 1. The lowest BCUT2D eigenvalue weighted by Crippen LogP contribution is -2.33. The lowest BCUT2D eigenvalue weighted by Gasteiger charge is -2.20. The molecule has 10 heteroatoms. The first kappa shape index (κ1) is 19.0. The summed E-state index contributed by atoms with van der Waals surface area (Å²) in [5.74, 6) is 0.415. The molecule has 0 atom stereocenters. The number of fused-ring (bicyclic) bond motifs is 2. The number of aromatic amines is 1. The van der Waals surface area contributed by atoms with Gasteiger partial charge in [0.1, 0.15) is 5.82 Å². The summed E-state index contributed by atoms with van der Waals surface area (Å²) in [4.78, 5) is 42.5. The number of carbonyl (C=O) groups excluding carboxylic acids is 1. The number of amides is 1. The topological polar surface area (TPSA) is 109 Å². The Bertz CT molecular complexity index is 1280. The highest BCUT2D eigenvalue weighted by molar-refractivity contribution is 6.31. The van der Waals surface area contributed by atoms with Gasteiger partial charge in [-0.1, -0.05) is 18.5 Å². The summed E-state index contributed by atoms with van der Waals surface area (Å²) in [5, 5.41) is 5.20. The normalized spacial score (nSPS) is 11.3. The smallest absolute Gasteiger partial charge is 0.294 e. The van der Waals surface area contributed by atoms with Gasteiger partial charge in [-0.05, 0) is 37.6 Å². The molecule has 148 valence electrons. The zero-order valence-electron chi connectivity index (χ0n) is 15.9. The van der Waals surface area contributed by atoms with E-state index in [1.165, 1.54) is 4.52 Å². The van der Waals surface area contributed by atoms with Gasteiger partial charge in [0.2, 0.25) is 5.82 Å².